The van der Waals surface area contributed by atoms with Gasteiger partial charge in [-0.05, 0) is 37.1 Å². The molecule has 2 aromatic rings. The number of hydrogen-bond donors (Lipinski definition) is 3. The van der Waals surface area contributed by atoms with Crippen molar-refractivity contribution in [2.24, 2.45) is 0 Å². The number of carbonyl (C=O) groups excluding carboxylic acids is 1. The van der Waals surface area contributed by atoms with Crippen LogP contribution >= 0.6 is 0 Å². The van der Waals surface area contributed by atoms with Crippen LogP contribution in [-0.4, -0.2) is 34.2 Å². The summed E-state index contributed by atoms with van der Waals surface area (Å²) in [6.45, 7) is 0.517. The highest BCUT2D eigenvalue weighted by molar-refractivity contribution is 5.78. The van der Waals surface area contributed by atoms with Gasteiger partial charge in [0.25, 0.3) is 0 Å². The molecule has 3 N–H and O–H groups in total. The monoisotopic (exact) mass is 301 g/mol. The van der Waals surface area contributed by atoms with Gasteiger partial charge in [0.2, 0.25) is 5.91 Å². The summed E-state index contributed by atoms with van der Waals surface area (Å²) in [7, 11) is 1.64. The van der Waals surface area contributed by atoms with Gasteiger partial charge in [-0.25, -0.2) is 4.98 Å². The third-order valence-corrected chi connectivity index (χ3v) is 3.39. The average molecular weight is 301 g/mol. The van der Waals surface area contributed by atoms with E-state index in [-0.39, 0.29) is 12.3 Å². The Kier molecular flexibility index (Phi) is 4.22. The highest BCUT2D eigenvalue weighted by Gasteiger charge is 2.23. The molecule has 3 rings (SSSR count). The molecule has 1 heterocycles. The van der Waals surface area contributed by atoms with Crippen LogP contribution < -0.4 is 15.4 Å². The predicted octanol–water partition coefficient (Wildman–Crippen LogP) is 1.25. The SMILES string of the molecule is COc1ccc(NCc2nc(CC(=O)NC3CC3)n[nH]2)cc1. The van der Waals surface area contributed by atoms with Crippen molar-refractivity contribution in [1.82, 2.24) is 20.5 Å². The molecule has 0 saturated heterocycles. The standard InChI is InChI=1S/C15H19N5O2/c1-22-12-6-4-10(5-7-12)16-9-14-18-13(19-20-14)8-15(21)17-11-2-3-11/h4-7,11,16H,2-3,8-9H2,1H3,(H,17,21)(H,18,19,20). The van der Waals surface area contributed by atoms with Gasteiger partial charge in [0, 0.05) is 11.7 Å². The molecular weight excluding hydrogens is 282 g/mol. The van der Waals surface area contributed by atoms with Crippen molar-refractivity contribution in [3.8, 4) is 5.75 Å². The summed E-state index contributed by atoms with van der Waals surface area (Å²) in [5.74, 6) is 2.01. The highest BCUT2D eigenvalue weighted by Crippen LogP contribution is 2.18. The number of nitrogens with one attached hydrogen (secondary N) is 3. The molecule has 1 amide bonds. The summed E-state index contributed by atoms with van der Waals surface area (Å²) in [4.78, 5) is 16.0. The molecule has 1 saturated carbocycles. The van der Waals surface area contributed by atoms with Crippen molar-refractivity contribution in [2.45, 2.75) is 31.8 Å². The average Bonchev–Trinajstić information content (AvgIpc) is 3.23. The molecule has 0 atom stereocenters. The molecule has 0 unspecified atom stereocenters. The molecule has 0 bridgehead atoms. The van der Waals surface area contributed by atoms with Gasteiger partial charge in [0.05, 0.1) is 20.1 Å². The van der Waals surface area contributed by atoms with Gasteiger partial charge in [0.1, 0.15) is 11.6 Å². The summed E-state index contributed by atoms with van der Waals surface area (Å²) in [5.41, 5.74) is 0.963. The van der Waals surface area contributed by atoms with Crippen LogP contribution in [0.2, 0.25) is 0 Å². The van der Waals surface area contributed by atoms with E-state index in [4.69, 9.17) is 4.74 Å². The van der Waals surface area contributed by atoms with Crippen LogP contribution in [0.5, 0.6) is 5.75 Å². The largest absolute Gasteiger partial charge is 0.497 e. The minimum Gasteiger partial charge on any atom is -0.497 e. The zero-order chi connectivity index (χ0) is 15.4. The Balaban J connectivity index is 1.49. The first-order chi connectivity index (χ1) is 10.7. The van der Waals surface area contributed by atoms with Crippen LogP contribution in [0.3, 0.4) is 0 Å². The second-order valence-electron chi connectivity index (χ2n) is 5.30. The first-order valence-corrected chi connectivity index (χ1v) is 7.30. The van der Waals surface area contributed by atoms with E-state index in [0.717, 1.165) is 24.3 Å². The fraction of sp³-hybridized carbons (Fsp3) is 0.400. The normalized spacial score (nSPS) is 13.7. The van der Waals surface area contributed by atoms with Gasteiger partial charge in [-0.2, -0.15) is 5.10 Å². The molecule has 1 aromatic heterocycles. The van der Waals surface area contributed by atoms with Crippen LogP contribution in [0.25, 0.3) is 0 Å². The molecule has 1 fully saturated rings. The number of ether oxygens (including phenoxy) is 1. The zero-order valence-electron chi connectivity index (χ0n) is 12.4. The first kappa shape index (κ1) is 14.4. The molecular formula is C15H19N5O2. The van der Waals surface area contributed by atoms with Gasteiger partial charge in [0.15, 0.2) is 5.82 Å². The maximum Gasteiger partial charge on any atom is 0.227 e. The molecule has 1 aromatic carbocycles. The lowest BCUT2D eigenvalue weighted by molar-refractivity contribution is -0.120. The number of anilines is 1. The van der Waals surface area contributed by atoms with E-state index < -0.39 is 0 Å². The number of amides is 1. The van der Waals surface area contributed by atoms with Crippen LogP contribution in [-0.2, 0) is 17.8 Å². The van der Waals surface area contributed by atoms with E-state index in [1.165, 1.54) is 0 Å². The quantitative estimate of drug-likeness (QED) is 0.716. The lowest BCUT2D eigenvalue weighted by atomic mass is 10.3. The molecule has 0 aliphatic heterocycles. The summed E-state index contributed by atoms with van der Waals surface area (Å²) >= 11 is 0. The molecule has 0 radical (unpaired) electrons. The number of aromatic nitrogens is 3. The number of H-pyrrole nitrogens is 1. The molecule has 116 valence electrons. The van der Waals surface area contributed by atoms with Gasteiger partial charge in [-0.1, -0.05) is 0 Å². The molecule has 7 heteroatoms. The van der Waals surface area contributed by atoms with Crippen LogP contribution in [0, 0.1) is 0 Å². The first-order valence-electron chi connectivity index (χ1n) is 7.30. The number of aromatic amines is 1. The van der Waals surface area contributed by atoms with Crippen LogP contribution in [0.15, 0.2) is 24.3 Å². The number of carbonyl (C=O) groups is 1. The van der Waals surface area contributed by atoms with Crippen molar-refractivity contribution in [1.29, 1.82) is 0 Å². The smallest absolute Gasteiger partial charge is 0.227 e. The third-order valence-electron chi connectivity index (χ3n) is 3.39. The fourth-order valence-electron chi connectivity index (χ4n) is 2.04. The Morgan fingerprint density at radius 3 is 2.82 bits per heavy atom. The van der Waals surface area contributed by atoms with Gasteiger partial charge < -0.3 is 15.4 Å². The number of hydrogen-bond acceptors (Lipinski definition) is 5. The Labute approximate surface area is 128 Å². The second kappa shape index (κ2) is 6.46. The van der Waals surface area contributed by atoms with Crippen molar-refractivity contribution >= 4 is 11.6 Å². The highest BCUT2D eigenvalue weighted by atomic mass is 16.5. The number of methoxy groups -OCH3 is 1. The van der Waals surface area contributed by atoms with Crippen molar-refractivity contribution in [3.05, 3.63) is 35.9 Å². The van der Waals surface area contributed by atoms with Crippen molar-refractivity contribution in [3.63, 3.8) is 0 Å². The molecule has 1 aliphatic rings. The Bertz CT molecular complexity index is 634. The van der Waals surface area contributed by atoms with Gasteiger partial charge in [-0.15, -0.1) is 0 Å². The van der Waals surface area contributed by atoms with Gasteiger partial charge >= 0.3 is 0 Å². The maximum absolute atomic E-state index is 11.7. The maximum atomic E-state index is 11.7. The number of nitrogens with zero attached hydrogens (tertiary/aromatic N) is 2. The predicted molar refractivity (Wildman–Crippen MR) is 81.6 cm³/mol. The van der Waals surface area contributed by atoms with Crippen molar-refractivity contribution < 1.29 is 9.53 Å². The van der Waals surface area contributed by atoms with E-state index >= 15 is 0 Å². The minimum atomic E-state index is -0.0174. The Hall–Kier alpha value is -2.57. The second-order valence-corrected chi connectivity index (χ2v) is 5.30. The van der Waals surface area contributed by atoms with Crippen LogP contribution in [0.1, 0.15) is 24.5 Å². The topological polar surface area (TPSA) is 91.9 Å². The van der Waals surface area contributed by atoms with E-state index in [2.05, 4.69) is 25.8 Å². The van der Waals surface area contributed by atoms with Crippen LogP contribution in [0.4, 0.5) is 5.69 Å². The Morgan fingerprint density at radius 1 is 1.36 bits per heavy atom. The molecule has 22 heavy (non-hydrogen) atoms. The number of rotatable bonds is 7. The van der Waals surface area contributed by atoms with E-state index in [1.54, 1.807) is 7.11 Å². The molecule has 1 aliphatic carbocycles. The lowest BCUT2D eigenvalue weighted by Gasteiger charge is -2.05. The summed E-state index contributed by atoms with van der Waals surface area (Å²) < 4.78 is 5.11. The minimum absolute atomic E-state index is 0.0174. The van der Waals surface area contributed by atoms with Gasteiger partial charge in [-0.3, -0.25) is 9.89 Å². The van der Waals surface area contributed by atoms with E-state index in [0.29, 0.717) is 24.2 Å². The summed E-state index contributed by atoms with van der Waals surface area (Å²) in [5, 5.41) is 13.1. The van der Waals surface area contributed by atoms with Crippen molar-refractivity contribution in [2.75, 3.05) is 12.4 Å². The zero-order valence-corrected chi connectivity index (χ0v) is 12.4. The summed E-state index contributed by atoms with van der Waals surface area (Å²) in [6.07, 6.45) is 2.38. The third kappa shape index (κ3) is 3.97. The Morgan fingerprint density at radius 2 is 2.14 bits per heavy atom. The molecule has 0 spiro atoms. The number of benzene rings is 1. The van der Waals surface area contributed by atoms with E-state index in [9.17, 15) is 4.79 Å². The molecule has 7 nitrogen and oxygen atoms in total. The fourth-order valence-corrected chi connectivity index (χ4v) is 2.04. The van der Waals surface area contributed by atoms with E-state index in [1.807, 2.05) is 24.3 Å². The summed E-state index contributed by atoms with van der Waals surface area (Å²) in [6, 6.07) is 7.99. The lowest BCUT2D eigenvalue weighted by Crippen LogP contribution is -2.27.